The van der Waals surface area contributed by atoms with E-state index in [1.807, 2.05) is 0 Å². The number of nitrogens with zero attached hydrogens (tertiary/aromatic N) is 2. The van der Waals surface area contributed by atoms with Crippen LogP contribution < -0.4 is 5.32 Å². The molecule has 12 heteroatoms. The van der Waals surface area contributed by atoms with Gasteiger partial charge in [0.05, 0.1) is 17.0 Å². The average Bonchev–Trinajstić information content (AvgIpc) is 3.27. The second kappa shape index (κ2) is 9.49. The molecule has 9 nitrogen and oxygen atoms in total. The molecular weight excluding hydrogens is 481 g/mol. The minimum absolute atomic E-state index is 0.177. The lowest BCUT2D eigenvalue weighted by Crippen LogP contribution is -2.15. The van der Waals surface area contributed by atoms with Gasteiger partial charge in [-0.3, -0.25) is 20.0 Å². The van der Waals surface area contributed by atoms with Gasteiger partial charge in [0.25, 0.3) is 11.6 Å². The summed E-state index contributed by atoms with van der Waals surface area (Å²) in [4.78, 5) is 34.2. The molecule has 0 unspecified atom stereocenters. The number of carbonyl (C=O) groups excluding carboxylic acids is 2. The first-order valence-electron chi connectivity index (χ1n) is 10.5. The number of alkyl halides is 3. The molecular formula is C24H17F3N4O5. The summed E-state index contributed by atoms with van der Waals surface area (Å²) in [6.45, 7) is 1.92. The van der Waals surface area contributed by atoms with E-state index < -0.39 is 34.2 Å². The topological polar surface area (TPSA) is 127 Å². The lowest BCUT2D eigenvalue weighted by molar-refractivity contribution is -0.388. The quantitative estimate of drug-likeness (QED) is 0.203. The number of anilines is 1. The largest absolute Gasteiger partial charge is 0.461 e. The van der Waals surface area contributed by atoms with E-state index in [0.717, 1.165) is 17.2 Å². The molecule has 0 radical (unpaired) electrons. The minimum atomic E-state index is -4.99. The van der Waals surface area contributed by atoms with Gasteiger partial charge in [0.15, 0.2) is 5.69 Å². The third-order valence-corrected chi connectivity index (χ3v) is 5.27. The van der Waals surface area contributed by atoms with Crippen LogP contribution >= 0.6 is 0 Å². The Morgan fingerprint density at radius 3 is 2.39 bits per heavy atom. The van der Waals surface area contributed by atoms with E-state index in [4.69, 9.17) is 4.74 Å². The molecule has 0 aliphatic rings. The van der Waals surface area contributed by atoms with E-state index in [-0.39, 0.29) is 17.9 Å². The molecule has 4 rings (SSSR count). The number of hydrogen-bond donors (Lipinski definition) is 2. The third-order valence-electron chi connectivity index (χ3n) is 5.27. The summed E-state index contributed by atoms with van der Waals surface area (Å²) in [6, 6.07) is 13.9. The van der Waals surface area contributed by atoms with Gasteiger partial charge in [-0.1, -0.05) is 18.2 Å². The second-order valence-electron chi connectivity index (χ2n) is 7.57. The number of ether oxygens (including phenoxy) is 1. The number of hydrogen-bond acceptors (Lipinski definition) is 6. The van der Waals surface area contributed by atoms with Crippen molar-refractivity contribution in [3.05, 3.63) is 87.6 Å². The zero-order valence-corrected chi connectivity index (χ0v) is 18.6. The molecule has 0 saturated carbocycles. The van der Waals surface area contributed by atoms with Crippen LogP contribution in [0.3, 0.4) is 0 Å². The van der Waals surface area contributed by atoms with Gasteiger partial charge in [-0.05, 0) is 54.4 Å². The Morgan fingerprint density at radius 1 is 1.06 bits per heavy atom. The van der Waals surface area contributed by atoms with Crippen LogP contribution in [0.5, 0.6) is 0 Å². The van der Waals surface area contributed by atoms with E-state index in [1.165, 1.54) is 0 Å². The molecule has 4 aromatic rings. The van der Waals surface area contributed by atoms with Crippen molar-refractivity contribution in [2.45, 2.75) is 13.1 Å². The molecule has 0 spiro atoms. The second-order valence-corrected chi connectivity index (χ2v) is 7.57. The summed E-state index contributed by atoms with van der Waals surface area (Å²) in [5, 5.41) is 20.8. The molecule has 1 aromatic heterocycles. The van der Waals surface area contributed by atoms with Crippen LogP contribution in [-0.4, -0.2) is 33.6 Å². The number of aromatic amines is 1. The maximum Gasteiger partial charge on any atom is 0.423 e. The standard InChI is InChI=1S/C24H17F3N4O5/c1-2-36-23(33)21-17-9-5-14(12-19(17)29-30-21)13-3-7-16(8-4-13)28-22(32)15-6-10-20(31(34)35)18(11-15)24(25,26)27/h3-12H,2H2,1H3,(H,28,32)(H,29,30). The monoisotopic (exact) mass is 498 g/mol. The summed E-state index contributed by atoms with van der Waals surface area (Å²) < 4.78 is 44.6. The predicted molar refractivity (Wildman–Crippen MR) is 124 cm³/mol. The van der Waals surface area contributed by atoms with Crippen molar-refractivity contribution in [1.82, 2.24) is 10.2 Å². The van der Waals surface area contributed by atoms with Gasteiger partial charge in [-0.15, -0.1) is 0 Å². The molecule has 1 heterocycles. The van der Waals surface area contributed by atoms with Crippen LogP contribution in [0.4, 0.5) is 24.5 Å². The molecule has 0 aliphatic heterocycles. The Bertz CT molecular complexity index is 1480. The number of amides is 1. The van der Waals surface area contributed by atoms with E-state index >= 15 is 0 Å². The Balaban J connectivity index is 1.53. The highest BCUT2D eigenvalue weighted by atomic mass is 19.4. The first-order chi connectivity index (χ1) is 17.1. The summed E-state index contributed by atoms with van der Waals surface area (Å²) >= 11 is 0. The van der Waals surface area contributed by atoms with Crippen molar-refractivity contribution in [2.24, 2.45) is 0 Å². The van der Waals surface area contributed by atoms with Gasteiger partial charge in [-0.2, -0.15) is 18.3 Å². The average molecular weight is 498 g/mol. The maximum atomic E-state index is 13.2. The highest BCUT2D eigenvalue weighted by molar-refractivity contribution is 6.05. The van der Waals surface area contributed by atoms with Gasteiger partial charge in [-0.25, -0.2) is 4.79 Å². The highest BCUT2D eigenvalue weighted by Crippen LogP contribution is 2.36. The molecule has 0 saturated heterocycles. The summed E-state index contributed by atoms with van der Waals surface area (Å²) in [5.74, 6) is -1.39. The van der Waals surface area contributed by atoms with E-state index in [2.05, 4.69) is 15.5 Å². The Morgan fingerprint density at radius 2 is 1.75 bits per heavy atom. The van der Waals surface area contributed by atoms with Crippen LogP contribution in [0.1, 0.15) is 33.3 Å². The molecule has 0 bridgehead atoms. The SMILES string of the molecule is CCOC(=O)c1n[nH]c2cc(-c3ccc(NC(=O)c4ccc([N+](=O)[O-])c(C(F)(F)F)c4)cc3)ccc12. The third kappa shape index (κ3) is 4.87. The summed E-state index contributed by atoms with van der Waals surface area (Å²) in [5.41, 5.74) is -0.366. The molecule has 2 N–H and O–H groups in total. The minimum Gasteiger partial charge on any atom is -0.461 e. The molecule has 1 amide bonds. The molecule has 0 aliphatic carbocycles. The van der Waals surface area contributed by atoms with Gasteiger partial charge in [0.1, 0.15) is 5.56 Å². The first kappa shape index (κ1) is 24.4. The van der Waals surface area contributed by atoms with Crippen molar-refractivity contribution < 1.29 is 32.4 Å². The van der Waals surface area contributed by atoms with Gasteiger partial charge in [0.2, 0.25) is 0 Å². The van der Waals surface area contributed by atoms with Crippen LogP contribution in [0, 0.1) is 10.1 Å². The van der Waals surface area contributed by atoms with Crippen molar-refractivity contribution in [2.75, 3.05) is 11.9 Å². The molecule has 0 fully saturated rings. The van der Waals surface area contributed by atoms with Crippen molar-refractivity contribution in [3.8, 4) is 11.1 Å². The number of aromatic nitrogens is 2. The maximum absolute atomic E-state index is 13.2. The Kier molecular flexibility index (Phi) is 6.43. The lowest BCUT2D eigenvalue weighted by Gasteiger charge is -2.10. The van der Waals surface area contributed by atoms with Gasteiger partial charge in [0, 0.05) is 22.7 Å². The number of nitro benzene ring substituents is 1. The Hall–Kier alpha value is -4.74. The van der Waals surface area contributed by atoms with Crippen molar-refractivity contribution in [1.29, 1.82) is 0 Å². The number of nitro groups is 1. The van der Waals surface area contributed by atoms with Gasteiger partial charge < -0.3 is 10.1 Å². The predicted octanol–water partition coefficient (Wildman–Crippen LogP) is 5.59. The number of carbonyl (C=O) groups is 2. The van der Waals surface area contributed by atoms with Crippen LogP contribution in [0.15, 0.2) is 60.7 Å². The number of H-pyrrole nitrogens is 1. The summed E-state index contributed by atoms with van der Waals surface area (Å²) in [6.07, 6.45) is -4.99. The number of rotatable bonds is 6. The Labute approximate surface area is 201 Å². The fourth-order valence-electron chi connectivity index (χ4n) is 3.57. The van der Waals surface area contributed by atoms with Crippen LogP contribution in [0.2, 0.25) is 0 Å². The highest BCUT2D eigenvalue weighted by Gasteiger charge is 2.38. The fraction of sp³-hybridized carbons (Fsp3) is 0.125. The van der Waals surface area contributed by atoms with Crippen LogP contribution in [0.25, 0.3) is 22.0 Å². The number of benzene rings is 3. The van der Waals surface area contributed by atoms with Crippen molar-refractivity contribution in [3.63, 3.8) is 0 Å². The molecule has 3 aromatic carbocycles. The number of halogens is 3. The van der Waals surface area contributed by atoms with Crippen molar-refractivity contribution >= 4 is 34.2 Å². The molecule has 0 atom stereocenters. The van der Waals surface area contributed by atoms with Crippen LogP contribution in [-0.2, 0) is 10.9 Å². The van der Waals surface area contributed by atoms with E-state index in [9.17, 15) is 32.9 Å². The summed E-state index contributed by atoms with van der Waals surface area (Å²) in [7, 11) is 0. The van der Waals surface area contributed by atoms with Gasteiger partial charge >= 0.3 is 12.1 Å². The zero-order chi connectivity index (χ0) is 26.0. The fourth-order valence-corrected chi connectivity index (χ4v) is 3.57. The normalized spacial score (nSPS) is 11.3. The number of fused-ring (bicyclic) bond motifs is 1. The van der Waals surface area contributed by atoms with E-state index in [1.54, 1.807) is 49.4 Å². The number of nitrogens with one attached hydrogen (secondary N) is 2. The van der Waals surface area contributed by atoms with E-state index in [0.29, 0.717) is 28.7 Å². The zero-order valence-electron chi connectivity index (χ0n) is 18.6. The number of esters is 1. The smallest absolute Gasteiger partial charge is 0.423 e. The lowest BCUT2D eigenvalue weighted by atomic mass is 10.0. The molecule has 184 valence electrons. The first-order valence-corrected chi connectivity index (χ1v) is 10.5. The molecule has 36 heavy (non-hydrogen) atoms.